The highest BCUT2D eigenvalue weighted by Gasteiger charge is 2.37. The molecule has 0 heterocycles. The smallest absolute Gasteiger partial charge is 0.337 e. The number of anilines is 1. The van der Waals surface area contributed by atoms with E-state index in [4.69, 9.17) is 0 Å². The van der Waals surface area contributed by atoms with Crippen LogP contribution in [-0.2, 0) is 12.4 Å². The molecule has 2 rings (SSSR count). The van der Waals surface area contributed by atoms with Gasteiger partial charge in [-0.05, 0) is 25.1 Å². The third-order valence-electron chi connectivity index (χ3n) is 3.86. The molecule has 156 valence electrons. The van der Waals surface area contributed by atoms with Crippen LogP contribution in [-0.4, -0.2) is 18.4 Å². The van der Waals surface area contributed by atoms with Crippen molar-refractivity contribution in [3.63, 3.8) is 0 Å². The van der Waals surface area contributed by atoms with Crippen LogP contribution in [0.2, 0.25) is 0 Å². The second-order valence-electron chi connectivity index (χ2n) is 6.21. The molecule has 0 bridgehead atoms. The Morgan fingerprint density at radius 2 is 1.38 bits per heavy atom. The van der Waals surface area contributed by atoms with E-state index < -0.39 is 35.2 Å². The van der Waals surface area contributed by atoms with E-state index in [2.05, 4.69) is 5.32 Å². The third kappa shape index (κ3) is 6.51. The zero-order valence-electron chi connectivity index (χ0n) is 15.0. The van der Waals surface area contributed by atoms with Crippen LogP contribution in [0.1, 0.15) is 33.5 Å². The minimum Gasteiger partial charge on any atom is -0.337 e. The molecule has 0 unspecified atom stereocenters. The lowest BCUT2D eigenvalue weighted by Gasteiger charge is -2.15. The quantitative estimate of drug-likeness (QED) is 0.503. The fraction of sp³-hybridized carbons (Fsp3) is 0.263. The summed E-state index contributed by atoms with van der Waals surface area (Å²) in [4.78, 5) is 23.8. The number of alkyl halides is 6. The zero-order valence-corrected chi connectivity index (χ0v) is 15.0. The van der Waals surface area contributed by atoms with E-state index in [-0.39, 0.29) is 24.8 Å². The average molecular weight is 418 g/mol. The molecule has 2 aromatic carbocycles. The second kappa shape index (κ2) is 8.54. The standard InChI is InChI=1S/C19H16F6N2O2/c1-11-2-4-12(5-3-11)16(28)6-7-26-17(29)27-15-9-13(18(20,21)22)8-14(10-15)19(23,24)25/h2-5,8-10H,6-7H2,1H3,(H2,26,27,29). The number of benzene rings is 2. The molecule has 0 aliphatic heterocycles. The van der Waals surface area contributed by atoms with Crippen molar-refractivity contribution in [2.24, 2.45) is 0 Å². The van der Waals surface area contributed by atoms with Gasteiger partial charge in [0, 0.05) is 24.2 Å². The van der Waals surface area contributed by atoms with Crippen molar-refractivity contribution in [1.82, 2.24) is 5.32 Å². The molecule has 0 aliphatic rings. The van der Waals surface area contributed by atoms with Crippen molar-refractivity contribution < 1.29 is 35.9 Å². The van der Waals surface area contributed by atoms with Gasteiger partial charge in [0.05, 0.1) is 11.1 Å². The molecule has 10 heteroatoms. The molecule has 2 N–H and O–H groups in total. The second-order valence-corrected chi connectivity index (χ2v) is 6.21. The monoisotopic (exact) mass is 418 g/mol. The summed E-state index contributed by atoms with van der Waals surface area (Å²) in [5.41, 5.74) is -2.38. The van der Waals surface area contributed by atoms with Gasteiger partial charge in [0.2, 0.25) is 0 Å². The largest absolute Gasteiger partial charge is 0.416 e. The highest BCUT2D eigenvalue weighted by molar-refractivity contribution is 5.96. The molecule has 0 atom stereocenters. The van der Waals surface area contributed by atoms with E-state index in [0.29, 0.717) is 17.7 Å². The molecular weight excluding hydrogens is 402 g/mol. The number of halogens is 6. The van der Waals surface area contributed by atoms with Crippen molar-refractivity contribution in [2.75, 3.05) is 11.9 Å². The summed E-state index contributed by atoms with van der Waals surface area (Å²) < 4.78 is 76.9. The summed E-state index contributed by atoms with van der Waals surface area (Å²) in [6, 6.07) is 6.41. The molecule has 0 aromatic heterocycles. The van der Waals surface area contributed by atoms with E-state index >= 15 is 0 Å². The van der Waals surface area contributed by atoms with E-state index in [0.717, 1.165) is 5.56 Å². The predicted molar refractivity (Wildman–Crippen MR) is 93.6 cm³/mol. The Balaban J connectivity index is 2.01. The summed E-state index contributed by atoms with van der Waals surface area (Å²) in [6.45, 7) is 1.70. The lowest BCUT2D eigenvalue weighted by Crippen LogP contribution is -2.30. The molecular formula is C19H16F6N2O2. The highest BCUT2D eigenvalue weighted by atomic mass is 19.4. The first kappa shape index (κ1) is 22.3. The Bertz CT molecular complexity index is 857. The minimum atomic E-state index is -5.02. The summed E-state index contributed by atoms with van der Waals surface area (Å²) in [5, 5.41) is 4.15. The van der Waals surface area contributed by atoms with Crippen LogP contribution in [0.5, 0.6) is 0 Å². The van der Waals surface area contributed by atoms with Gasteiger partial charge in [-0.15, -0.1) is 0 Å². The van der Waals surface area contributed by atoms with Crippen LogP contribution < -0.4 is 10.6 Å². The maximum Gasteiger partial charge on any atom is 0.416 e. The van der Waals surface area contributed by atoms with E-state index in [9.17, 15) is 35.9 Å². The highest BCUT2D eigenvalue weighted by Crippen LogP contribution is 2.37. The minimum absolute atomic E-state index is 0.0384. The summed E-state index contributed by atoms with van der Waals surface area (Å²) >= 11 is 0. The first-order valence-electron chi connectivity index (χ1n) is 8.30. The fourth-order valence-corrected chi connectivity index (χ4v) is 2.38. The molecule has 0 saturated heterocycles. The number of rotatable bonds is 5. The van der Waals surface area contributed by atoms with Crippen LogP contribution in [0.4, 0.5) is 36.8 Å². The molecule has 0 fully saturated rings. The number of ketones is 1. The summed E-state index contributed by atoms with van der Waals surface area (Å²) in [6.07, 6.45) is -10.1. The van der Waals surface area contributed by atoms with Crippen molar-refractivity contribution >= 4 is 17.5 Å². The zero-order chi connectivity index (χ0) is 21.8. The maximum atomic E-state index is 12.8. The molecule has 0 saturated carbocycles. The van der Waals surface area contributed by atoms with Gasteiger partial charge in [0.1, 0.15) is 0 Å². The number of aryl methyl sites for hydroxylation is 1. The van der Waals surface area contributed by atoms with E-state index in [1.807, 2.05) is 12.2 Å². The van der Waals surface area contributed by atoms with Crippen molar-refractivity contribution in [1.29, 1.82) is 0 Å². The van der Waals surface area contributed by atoms with Crippen LogP contribution in [0.25, 0.3) is 0 Å². The number of carbonyl (C=O) groups excluding carboxylic acids is 2. The van der Waals surface area contributed by atoms with Gasteiger partial charge < -0.3 is 10.6 Å². The molecule has 0 aliphatic carbocycles. The molecule has 0 spiro atoms. The predicted octanol–water partition coefficient (Wildman–Crippen LogP) is 5.43. The van der Waals surface area contributed by atoms with Crippen LogP contribution >= 0.6 is 0 Å². The van der Waals surface area contributed by atoms with Crippen molar-refractivity contribution in [2.45, 2.75) is 25.7 Å². The van der Waals surface area contributed by atoms with E-state index in [1.54, 1.807) is 24.3 Å². The van der Waals surface area contributed by atoms with Crippen LogP contribution in [0.15, 0.2) is 42.5 Å². The SMILES string of the molecule is Cc1ccc(C(=O)CCNC(=O)Nc2cc(C(F)(F)F)cc(C(F)(F)F)c2)cc1. The third-order valence-corrected chi connectivity index (χ3v) is 3.86. The summed E-state index contributed by atoms with van der Waals surface area (Å²) in [7, 11) is 0. The Morgan fingerprint density at radius 3 is 1.86 bits per heavy atom. The van der Waals surface area contributed by atoms with Crippen LogP contribution in [0, 0.1) is 6.92 Å². The van der Waals surface area contributed by atoms with Gasteiger partial charge in [-0.2, -0.15) is 26.3 Å². The number of hydrogen-bond donors (Lipinski definition) is 2. The molecule has 29 heavy (non-hydrogen) atoms. The van der Waals surface area contributed by atoms with Crippen LogP contribution in [0.3, 0.4) is 0 Å². The van der Waals surface area contributed by atoms with Gasteiger partial charge in [0.25, 0.3) is 0 Å². The Labute approximate surface area is 161 Å². The fourth-order valence-electron chi connectivity index (χ4n) is 2.38. The molecule has 4 nitrogen and oxygen atoms in total. The first-order valence-corrected chi connectivity index (χ1v) is 8.30. The number of hydrogen-bond acceptors (Lipinski definition) is 2. The average Bonchev–Trinajstić information content (AvgIpc) is 2.60. The maximum absolute atomic E-state index is 12.8. The molecule has 2 aromatic rings. The Morgan fingerprint density at radius 1 is 0.862 bits per heavy atom. The lowest BCUT2D eigenvalue weighted by molar-refractivity contribution is -0.143. The number of nitrogens with one attached hydrogen (secondary N) is 2. The lowest BCUT2D eigenvalue weighted by atomic mass is 10.1. The number of amides is 2. The molecule has 0 radical (unpaired) electrons. The Hall–Kier alpha value is -3.04. The summed E-state index contributed by atoms with van der Waals surface area (Å²) in [5.74, 6) is -0.274. The van der Waals surface area contributed by atoms with Gasteiger partial charge in [-0.3, -0.25) is 4.79 Å². The van der Waals surface area contributed by atoms with Gasteiger partial charge in [-0.1, -0.05) is 29.8 Å². The van der Waals surface area contributed by atoms with Crippen molar-refractivity contribution in [3.05, 3.63) is 64.7 Å². The Kier molecular flexibility index (Phi) is 6.55. The molecule has 2 amide bonds. The first-order chi connectivity index (χ1) is 13.4. The van der Waals surface area contributed by atoms with E-state index in [1.165, 1.54) is 0 Å². The number of Topliss-reactive ketones (excluding diaryl/α,β-unsaturated/α-hetero) is 1. The van der Waals surface area contributed by atoms with Crippen molar-refractivity contribution in [3.8, 4) is 0 Å². The van der Waals surface area contributed by atoms with Gasteiger partial charge >= 0.3 is 18.4 Å². The topological polar surface area (TPSA) is 58.2 Å². The normalized spacial score (nSPS) is 11.8. The number of urea groups is 1. The van der Waals surface area contributed by atoms with Gasteiger partial charge in [0.15, 0.2) is 5.78 Å². The number of carbonyl (C=O) groups is 2. The van der Waals surface area contributed by atoms with Gasteiger partial charge in [-0.25, -0.2) is 4.79 Å².